The van der Waals surface area contributed by atoms with Crippen LogP contribution in [-0.4, -0.2) is 46.0 Å². The predicted octanol–water partition coefficient (Wildman–Crippen LogP) is 6.27. The first-order valence-corrected chi connectivity index (χ1v) is 15.6. The lowest BCUT2D eigenvalue weighted by molar-refractivity contribution is -0.154. The van der Waals surface area contributed by atoms with Crippen LogP contribution in [-0.2, 0) is 9.59 Å². The molecule has 5 aliphatic rings. The largest absolute Gasteiger partial charge is 0.423 e. The Morgan fingerprint density at radius 2 is 1.36 bits per heavy atom. The van der Waals surface area contributed by atoms with Gasteiger partial charge in [0.15, 0.2) is 5.78 Å². The van der Waals surface area contributed by atoms with Gasteiger partial charge in [0.05, 0.1) is 27.4 Å². The van der Waals surface area contributed by atoms with Crippen molar-refractivity contribution >= 4 is 68.6 Å². The number of rotatable bonds is 7. The van der Waals surface area contributed by atoms with Crippen LogP contribution in [0.5, 0.6) is 5.75 Å². The smallest absolute Gasteiger partial charge is 0.343 e. The number of halogens is 3. The van der Waals surface area contributed by atoms with Crippen LogP contribution in [0.1, 0.15) is 37.5 Å². The molecule has 0 radical (unpaired) electrons. The molecular weight excluding hydrogens is 671 g/mol. The van der Waals surface area contributed by atoms with Gasteiger partial charge < -0.3 is 4.74 Å². The van der Waals surface area contributed by atoms with Crippen molar-refractivity contribution in [3.8, 4) is 5.75 Å². The Kier molecular flexibility index (Phi) is 7.22. The standard InChI is InChI=1S/C33H23BrCl2N2O6/c34-19-6-1-17(2-7-19)33(43)44-20-8-3-16(4-9-20)27(39)15-37(30(40)18-5-12-25(35)26(36)13-18)38-31(41)28-21-10-11-22(24-14-23(21)24)29(28)32(38)42/h1-13,21-24,28-29H,14-15H2/t21-,22-,23-,24+,28-,29+/m0/s1. The van der Waals surface area contributed by atoms with Gasteiger partial charge in [-0.25, -0.2) is 9.80 Å². The molecule has 2 bridgehead atoms. The number of ketones is 1. The Labute approximate surface area is 270 Å². The van der Waals surface area contributed by atoms with Crippen LogP contribution in [0.25, 0.3) is 0 Å². The normalized spacial score (nSPS) is 25.8. The van der Waals surface area contributed by atoms with Gasteiger partial charge in [-0.1, -0.05) is 51.3 Å². The van der Waals surface area contributed by atoms with Crippen molar-refractivity contribution < 1.29 is 28.7 Å². The van der Waals surface area contributed by atoms with Crippen molar-refractivity contribution in [2.45, 2.75) is 6.42 Å². The van der Waals surface area contributed by atoms with Crippen molar-refractivity contribution in [1.82, 2.24) is 10.0 Å². The van der Waals surface area contributed by atoms with E-state index in [9.17, 15) is 24.0 Å². The third kappa shape index (κ3) is 4.87. The van der Waals surface area contributed by atoms with Crippen LogP contribution >= 0.6 is 39.1 Å². The van der Waals surface area contributed by atoms with E-state index >= 15 is 0 Å². The fraction of sp³-hybridized carbons (Fsp3) is 0.242. The highest BCUT2D eigenvalue weighted by Crippen LogP contribution is 2.65. The highest BCUT2D eigenvalue weighted by molar-refractivity contribution is 9.10. The lowest BCUT2D eigenvalue weighted by atomic mass is 9.63. The zero-order valence-corrected chi connectivity index (χ0v) is 26.0. The first-order chi connectivity index (χ1) is 21.1. The number of amides is 3. The van der Waals surface area contributed by atoms with Crippen molar-refractivity contribution in [2.24, 2.45) is 35.5 Å². The van der Waals surface area contributed by atoms with E-state index in [4.69, 9.17) is 27.9 Å². The van der Waals surface area contributed by atoms with E-state index in [-0.39, 0.29) is 38.8 Å². The quantitative estimate of drug-likeness (QED) is 0.0951. The number of ether oxygens (including phenoxy) is 1. The zero-order valence-electron chi connectivity index (χ0n) is 22.9. The van der Waals surface area contributed by atoms with Crippen LogP contribution in [0, 0.1) is 35.5 Å². The maximum absolute atomic E-state index is 13.9. The van der Waals surface area contributed by atoms with Gasteiger partial charge >= 0.3 is 5.97 Å². The van der Waals surface area contributed by atoms with E-state index in [1.54, 1.807) is 24.3 Å². The molecule has 0 unspecified atom stereocenters. The molecule has 0 N–H and O–H groups in total. The molecule has 1 heterocycles. The van der Waals surface area contributed by atoms with Gasteiger partial charge in [0, 0.05) is 15.6 Å². The third-order valence-electron chi connectivity index (χ3n) is 9.04. The van der Waals surface area contributed by atoms with Crippen LogP contribution < -0.4 is 4.74 Å². The first kappa shape index (κ1) is 29.0. The molecule has 4 aliphatic carbocycles. The molecule has 0 aromatic heterocycles. The van der Waals surface area contributed by atoms with Crippen LogP contribution in [0.15, 0.2) is 83.4 Å². The van der Waals surface area contributed by atoms with Crippen molar-refractivity contribution in [1.29, 1.82) is 0 Å². The Bertz CT molecular complexity index is 1740. The highest BCUT2D eigenvalue weighted by atomic mass is 79.9. The number of hydrogen-bond acceptors (Lipinski definition) is 6. The number of carbonyl (C=O) groups is 5. The van der Waals surface area contributed by atoms with E-state index in [1.165, 1.54) is 42.5 Å². The molecule has 1 aliphatic heterocycles. The Morgan fingerprint density at radius 1 is 0.795 bits per heavy atom. The molecule has 3 aromatic rings. The Morgan fingerprint density at radius 3 is 1.95 bits per heavy atom. The molecule has 0 spiro atoms. The summed E-state index contributed by atoms with van der Waals surface area (Å²) in [6, 6.07) is 16.7. The lowest BCUT2D eigenvalue weighted by Gasteiger charge is -2.37. The fourth-order valence-corrected chi connectivity index (χ4v) is 7.44. The fourth-order valence-electron chi connectivity index (χ4n) is 6.88. The molecule has 2 saturated carbocycles. The summed E-state index contributed by atoms with van der Waals surface area (Å²) >= 11 is 15.6. The second-order valence-corrected chi connectivity index (χ2v) is 13.2. The number of nitrogens with zero attached hydrogens (tertiary/aromatic N) is 2. The predicted molar refractivity (Wildman–Crippen MR) is 164 cm³/mol. The van der Waals surface area contributed by atoms with Gasteiger partial charge in [-0.2, -0.15) is 5.01 Å². The summed E-state index contributed by atoms with van der Waals surface area (Å²) in [6.45, 7) is -0.580. The number of hydrazine groups is 1. The molecular formula is C33H23BrCl2N2O6. The maximum Gasteiger partial charge on any atom is 0.343 e. The molecule has 44 heavy (non-hydrogen) atoms. The maximum atomic E-state index is 13.9. The minimum absolute atomic E-state index is 0.0539. The highest BCUT2D eigenvalue weighted by Gasteiger charge is 2.68. The topological polar surface area (TPSA) is 101 Å². The summed E-state index contributed by atoms with van der Waals surface area (Å²) in [6.07, 6.45) is 5.07. The third-order valence-corrected chi connectivity index (χ3v) is 10.3. The van der Waals surface area contributed by atoms with Gasteiger partial charge in [-0.05, 0) is 96.8 Å². The zero-order chi connectivity index (χ0) is 30.9. The summed E-state index contributed by atoms with van der Waals surface area (Å²) in [7, 11) is 0. The van der Waals surface area contributed by atoms with Crippen molar-refractivity contribution in [3.63, 3.8) is 0 Å². The molecule has 3 fully saturated rings. The number of carbonyl (C=O) groups excluding carboxylic acids is 5. The van der Waals surface area contributed by atoms with E-state index in [1.807, 2.05) is 12.2 Å². The molecule has 3 aromatic carbocycles. The first-order valence-electron chi connectivity index (χ1n) is 14.1. The molecule has 222 valence electrons. The SMILES string of the molecule is O=C(CN(C(=O)c1ccc(Cl)c(Cl)c1)N1C(=O)[C@@H]2[C@H]3C=C[C@@H]([C@@H]4C[C@H]34)[C@@H]2C1=O)c1ccc(OC(=O)c2ccc(Br)cc2)cc1. The average Bonchev–Trinajstić information content (AvgIpc) is 3.80. The van der Waals surface area contributed by atoms with Crippen LogP contribution in [0.3, 0.4) is 0 Å². The molecule has 8 rings (SSSR count). The second-order valence-electron chi connectivity index (χ2n) is 11.5. The molecule has 1 saturated heterocycles. The number of allylic oxidation sites excluding steroid dienone is 2. The van der Waals surface area contributed by atoms with Gasteiger partial charge in [0.2, 0.25) is 0 Å². The number of benzene rings is 3. The van der Waals surface area contributed by atoms with E-state index in [2.05, 4.69) is 15.9 Å². The summed E-state index contributed by atoms with van der Waals surface area (Å²) in [4.78, 5) is 67.7. The van der Waals surface area contributed by atoms with Gasteiger partial charge in [0.1, 0.15) is 12.3 Å². The number of hydrogen-bond donors (Lipinski definition) is 0. The molecule has 3 amide bonds. The van der Waals surface area contributed by atoms with Crippen molar-refractivity contribution in [3.05, 3.63) is 110 Å². The number of imide groups is 1. The Balaban J connectivity index is 1.15. The van der Waals surface area contributed by atoms with Gasteiger partial charge in [-0.15, -0.1) is 0 Å². The monoisotopic (exact) mass is 692 g/mol. The summed E-state index contributed by atoms with van der Waals surface area (Å²) in [5.41, 5.74) is 0.618. The number of esters is 1. The minimum atomic E-state index is -0.734. The van der Waals surface area contributed by atoms with Crippen LogP contribution in [0.2, 0.25) is 10.0 Å². The summed E-state index contributed by atoms with van der Waals surface area (Å²) in [5, 5.41) is 2.15. The van der Waals surface area contributed by atoms with E-state index in [0.717, 1.165) is 20.9 Å². The van der Waals surface area contributed by atoms with Crippen LogP contribution in [0.4, 0.5) is 0 Å². The summed E-state index contributed by atoms with van der Waals surface area (Å²) < 4.78 is 6.24. The lowest BCUT2D eigenvalue weighted by Crippen LogP contribution is -2.52. The minimum Gasteiger partial charge on any atom is -0.423 e. The van der Waals surface area contributed by atoms with Gasteiger partial charge in [-0.3, -0.25) is 19.2 Å². The van der Waals surface area contributed by atoms with E-state index in [0.29, 0.717) is 17.4 Å². The molecule has 8 nitrogen and oxygen atoms in total. The number of Topliss-reactive ketones (excluding diaryl/α,β-unsaturated/α-hetero) is 1. The summed E-state index contributed by atoms with van der Waals surface area (Å²) in [5.74, 6) is -3.02. The Hall–Kier alpha value is -3.79. The van der Waals surface area contributed by atoms with Crippen molar-refractivity contribution in [2.75, 3.05) is 6.54 Å². The van der Waals surface area contributed by atoms with E-state index < -0.39 is 47.9 Å². The molecule has 6 atom stereocenters. The molecule has 11 heteroatoms. The average molecular weight is 694 g/mol. The van der Waals surface area contributed by atoms with Gasteiger partial charge in [0.25, 0.3) is 17.7 Å². The second kappa shape index (κ2) is 11.0.